The smallest absolute Gasteiger partial charge is 0.223 e. The molecule has 0 aromatic heterocycles. The first-order valence-electron chi connectivity index (χ1n) is 6.71. The van der Waals surface area contributed by atoms with Gasteiger partial charge in [-0.3, -0.25) is 4.79 Å². The minimum atomic E-state index is -0.388. The third kappa shape index (κ3) is 4.04. The standard InChI is InChI=1S/C15H22N2O2/c1-15(2,16)10-17-14(18)9-13-12-6-4-3-5-11(12)7-8-19-13/h3-6,13H,7-10,16H2,1-2H3,(H,17,18). The van der Waals surface area contributed by atoms with Crippen LogP contribution in [0.15, 0.2) is 24.3 Å². The van der Waals surface area contributed by atoms with Gasteiger partial charge in [0.25, 0.3) is 0 Å². The lowest BCUT2D eigenvalue weighted by molar-refractivity contribution is -0.124. The number of fused-ring (bicyclic) bond motifs is 1. The van der Waals surface area contributed by atoms with Crippen molar-refractivity contribution in [3.8, 4) is 0 Å². The zero-order chi connectivity index (χ0) is 13.9. The molecule has 1 unspecified atom stereocenters. The van der Waals surface area contributed by atoms with E-state index in [1.807, 2.05) is 32.0 Å². The van der Waals surface area contributed by atoms with Crippen molar-refractivity contribution in [1.82, 2.24) is 5.32 Å². The van der Waals surface area contributed by atoms with Crippen molar-refractivity contribution in [3.63, 3.8) is 0 Å². The molecule has 0 bridgehead atoms. The van der Waals surface area contributed by atoms with Gasteiger partial charge in [-0.15, -0.1) is 0 Å². The highest BCUT2D eigenvalue weighted by molar-refractivity contribution is 5.76. The van der Waals surface area contributed by atoms with Gasteiger partial charge < -0.3 is 15.8 Å². The van der Waals surface area contributed by atoms with Crippen LogP contribution in [0.2, 0.25) is 0 Å². The first kappa shape index (κ1) is 14.0. The van der Waals surface area contributed by atoms with E-state index in [9.17, 15) is 4.79 Å². The van der Waals surface area contributed by atoms with Gasteiger partial charge in [0.1, 0.15) is 0 Å². The summed E-state index contributed by atoms with van der Waals surface area (Å²) in [7, 11) is 0. The number of nitrogens with two attached hydrogens (primary N) is 1. The molecule has 0 aliphatic carbocycles. The van der Waals surface area contributed by atoms with E-state index in [1.54, 1.807) is 0 Å². The van der Waals surface area contributed by atoms with Crippen molar-refractivity contribution in [2.75, 3.05) is 13.2 Å². The van der Waals surface area contributed by atoms with Crippen molar-refractivity contribution >= 4 is 5.91 Å². The van der Waals surface area contributed by atoms with Crippen LogP contribution in [0.5, 0.6) is 0 Å². The molecule has 1 amide bonds. The lowest BCUT2D eigenvalue weighted by atomic mass is 9.95. The average molecular weight is 262 g/mol. The Labute approximate surface area is 114 Å². The fourth-order valence-electron chi connectivity index (χ4n) is 2.21. The molecule has 104 valence electrons. The third-order valence-electron chi connectivity index (χ3n) is 3.20. The lowest BCUT2D eigenvalue weighted by Crippen LogP contribution is -2.45. The van der Waals surface area contributed by atoms with Crippen LogP contribution in [0.4, 0.5) is 0 Å². The number of hydrogen-bond acceptors (Lipinski definition) is 3. The summed E-state index contributed by atoms with van der Waals surface area (Å²) in [5.41, 5.74) is 7.88. The molecular weight excluding hydrogens is 240 g/mol. The number of rotatable bonds is 4. The van der Waals surface area contributed by atoms with E-state index in [0.717, 1.165) is 12.0 Å². The number of benzene rings is 1. The molecule has 1 heterocycles. The second kappa shape index (κ2) is 5.72. The van der Waals surface area contributed by atoms with Crippen LogP contribution in [0.3, 0.4) is 0 Å². The highest BCUT2D eigenvalue weighted by Crippen LogP contribution is 2.29. The maximum Gasteiger partial charge on any atom is 0.223 e. The van der Waals surface area contributed by atoms with Crippen LogP contribution in [0.1, 0.15) is 37.5 Å². The summed E-state index contributed by atoms with van der Waals surface area (Å²) in [5, 5.41) is 2.86. The van der Waals surface area contributed by atoms with E-state index >= 15 is 0 Å². The van der Waals surface area contributed by atoms with E-state index in [0.29, 0.717) is 19.6 Å². The summed E-state index contributed by atoms with van der Waals surface area (Å²) >= 11 is 0. The number of amides is 1. The van der Waals surface area contributed by atoms with Crippen molar-refractivity contribution in [1.29, 1.82) is 0 Å². The SMILES string of the molecule is CC(C)(N)CNC(=O)CC1OCCc2ccccc21. The molecule has 0 radical (unpaired) electrons. The van der Waals surface area contributed by atoms with Crippen LogP contribution in [0, 0.1) is 0 Å². The fraction of sp³-hybridized carbons (Fsp3) is 0.533. The highest BCUT2D eigenvalue weighted by Gasteiger charge is 2.23. The first-order chi connectivity index (χ1) is 8.96. The number of carbonyl (C=O) groups excluding carboxylic acids is 1. The number of carbonyl (C=O) groups is 1. The van der Waals surface area contributed by atoms with Gasteiger partial charge in [0.05, 0.1) is 19.1 Å². The minimum absolute atomic E-state index is 0.0137. The van der Waals surface area contributed by atoms with Crippen LogP contribution in [0.25, 0.3) is 0 Å². The Morgan fingerprint density at radius 3 is 2.95 bits per heavy atom. The van der Waals surface area contributed by atoms with Crippen LogP contribution >= 0.6 is 0 Å². The van der Waals surface area contributed by atoms with Gasteiger partial charge in [-0.1, -0.05) is 24.3 Å². The Bertz CT molecular complexity index is 452. The van der Waals surface area contributed by atoms with E-state index in [1.165, 1.54) is 5.56 Å². The molecule has 4 nitrogen and oxygen atoms in total. The molecular formula is C15H22N2O2. The Hall–Kier alpha value is -1.39. The lowest BCUT2D eigenvalue weighted by Gasteiger charge is -2.26. The summed E-state index contributed by atoms with van der Waals surface area (Å²) in [6.45, 7) is 4.93. The largest absolute Gasteiger partial charge is 0.373 e. The van der Waals surface area contributed by atoms with E-state index in [2.05, 4.69) is 11.4 Å². The van der Waals surface area contributed by atoms with Crippen molar-refractivity contribution in [2.24, 2.45) is 5.73 Å². The zero-order valence-electron chi connectivity index (χ0n) is 11.6. The fourth-order valence-corrected chi connectivity index (χ4v) is 2.21. The van der Waals surface area contributed by atoms with E-state index in [4.69, 9.17) is 10.5 Å². The molecule has 1 aromatic rings. The summed E-state index contributed by atoms with van der Waals surface area (Å²) in [6, 6.07) is 8.16. The van der Waals surface area contributed by atoms with Gasteiger partial charge in [-0.25, -0.2) is 0 Å². The quantitative estimate of drug-likeness (QED) is 0.865. The molecule has 0 saturated heterocycles. The van der Waals surface area contributed by atoms with Crippen molar-refractivity contribution in [2.45, 2.75) is 38.3 Å². The van der Waals surface area contributed by atoms with Gasteiger partial charge >= 0.3 is 0 Å². The second-order valence-electron chi connectivity index (χ2n) is 5.78. The summed E-state index contributed by atoms with van der Waals surface area (Å²) < 4.78 is 5.71. The van der Waals surface area contributed by atoms with Gasteiger partial charge in [0, 0.05) is 12.1 Å². The van der Waals surface area contributed by atoms with Crippen LogP contribution in [-0.2, 0) is 16.0 Å². The Balaban J connectivity index is 1.95. The van der Waals surface area contributed by atoms with Gasteiger partial charge in [0.15, 0.2) is 0 Å². The number of hydrogen-bond donors (Lipinski definition) is 2. The van der Waals surface area contributed by atoms with Gasteiger partial charge in [-0.05, 0) is 31.4 Å². The van der Waals surface area contributed by atoms with Crippen LogP contribution < -0.4 is 11.1 Å². The van der Waals surface area contributed by atoms with Gasteiger partial charge in [0.2, 0.25) is 5.91 Å². The topological polar surface area (TPSA) is 64.3 Å². The summed E-state index contributed by atoms with van der Waals surface area (Å²) in [5.74, 6) is -0.0137. The van der Waals surface area contributed by atoms with Crippen molar-refractivity contribution in [3.05, 3.63) is 35.4 Å². The molecule has 19 heavy (non-hydrogen) atoms. The molecule has 1 aromatic carbocycles. The Morgan fingerprint density at radius 1 is 1.47 bits per heavy atom. The zero-order valence-corrected chi connectivity index (χ0v) is 11.6. The Kier molecular flexibility index (Phi) is 4.22. The minimum Gasteiger partial charge on any atom is -0.373 e. The molecule has 3 N–H and O–H groups in total. The molecule has 1 aliphatic heterocycles. The number of ether oxygens (including phenoxy) is 1. The third-order valence-corrected chi connectivity index (χ3v) is 3.20. The predicted octanol–water partition coefficient (Wildman–Crippen LogP) is 1.54. The molecule has 0 spiro atoms. The first-order valence-corrected chi connectivity index (χ1v) is 6.71. The monoisotopic (exact) mass is 262 g/mol. The maximum atomic E-state index is 11.9. The predicted molar refractivity (Wildman–Crippen MR) is 74.7 cm³/mol. The molecule has 1 aliphatic rings. The normalized spacial score (nSPS) is 18.8. The van der Waals surface area contributed by atoms with Crippen LogP contribution in [-0.4, -0.2) is 24.6 Å². The average Bonchev–Trinajstić information content (AvgIpc) is 2.36. The summed E-state index contributed by atoms with van der Waals surface area (Å²) in [6.07, 6.45) is 1.14. The Morgan fingerprint density at radius 2 is 2.21 bits per heavy atom. The molecule has 4 heteroatoms. The molecule has 0 saturated carbocycles. The van der Waals surface area contributed by atoms with Gasteiger partial charge in [-0.2, -0.15) is 0 Å². The van der Waals surface area contributed by atoms with Crippen molar-refractivity contribution < 1.29 is 9.53 Å². The van der Waals surface area contributed by atoms with E-state index < -0.39 is 0 Å². The second-order valence-corrected chi connectivity index (χ2v) is 5.78. The number of nitrogens with one attached hydrogen (secondary N) is 1. The molecule has 2 rings (SSSR count). The van der Waals surface area contributed by atoms with E-state index in [-0.39, 0.29) is 17.6 Å². The maximum absolute atomic E-state index is 11.9. The summed E-state index contributed by atoms with van der Waals surface area (Å²) in [4.78, 5) is 11.9. The highest BCUT2D eigenvalue weighted by atomic mass is 16.5. The molecule has 1 atom stereocenters. The molecule has 0 fully saturated rings.